The summed E-state index contributed by atoms with van der Waals surface area (Å²) in [5.41, 5.74) is 1.23. The number of amides is 1. The number of nitriles is 1. The molecule has 5 rings (SSSR count). The Labute approximate surface area is 204 Å². The molecule has 3 aromatic rings. The largest absolute Gasteiger partial charge is 0.459 e. The van der Waals surface area contributed by atoms with Crippen molar-refractivity contribution >= 4 is 17.6 Å². The molecule has 182 valence electrons. The highest BCUT2D eigenvalue weighted by atomic mass is 16.4. The van der Waals surface area contributed by atoms with Crippen molar-refractivity contribution in [2.45, 2.75) is 45.1 Å². The molecule has 0 radical (unpaired) electrons. The van der Waals surface area contributed by atoms with Crippen LogP contribution in [0.4, 0.5) is 11.7 Å². The van der Waals surface area contributed by atoms with E-state index in [1.54, 1.807) is 12.1 Å². The van der Waals surface area contributed by atoms with Gasteiger partial charge >= 0.3 is 0 Å². The fourth-order valence-electron chi connectivity index (χ4n) is 4.79. The zero-order chi connectivity index (χ0) is 24.0. The smallest absolute Gasteiger partial charge is 0.266 e. The lowest BCUT2D eigenvalue weighted by atomic mass is 9.96. The molecule has 3 aromatic heterocycles. The van der Waals surface area contributed by atoms with Gasteiger partial charge in [0.1, 0.15) is 11.9 Å². The average Bonchev–Trinajstić information content (AvgIpc) is 3.51. The normalized spacial score (nSPS) is 17.1. The Hall–Kier alpha value is -3.80. The maximum atomic E-state index is 12.8. The van der Waals surface area contributed by atoms with Crippen molar-refractivity contribution in [3.05, 3.63) is 48.0 Å². The molecular weight excluding hydrogens is 444 g/mol. The van der Waals surface area contributed by atoms with Crippen LogP contribution in [0.5, 0.6) is 0 Å². The standard InChI is InChI=1S/C26H30N6O3/c27-16-21-26(35-25(30-21)22-6-5-15-34-22)32-13-9-20(10-14-32)24(33)29-18-19-7-8-23(28-17-19)31-11-3-1-2-4-12-31/h5-8,15,17,20H,1-4,9-14,18H2,(H,29,33). The van der Waals surface area contributed by atoms with Gasteiger partial charge in [0.25, 0.3) is 5.89 Å². The number of aromatic nitrogens is 2. The van der Waals surface area contributed by atoms with E-state index in [0.717, 1.165) is 24.5 Å². The second kappa shape index (κ2) is 10.6. The third kappa shape index (κ3) is 5.32. The number of hydrogen-bond donors (Lipinski definition) is 1. The Morgan fingerprint density at radius 3 is 2.54 bits per heavy atom. The zero-order valence-corrected chi connectivity index (χ0v) is 19.8. The van der Waals surface area contributed by atoms with Crippen LogP contribution in [-0.4, -0.2) is 42.1 Å². The van der Waals surface area contributed by atoms with Gasteiger partial charge in [-0.1, -0.05) is 18.9 Å². The molecule has 0 bridgehead atoms. The molecule has 0 spiro atoms. The minimum absolute atomic E-state index is 0.0515. The summed E-state index contributed by atoms with van der Waals surface area (Å²) in [4.78, 5) is 26.0. The van der Waals surface area contributed by atoms with Crippen LogP contribution in [0.1, 0.15) is 49.8 Å². The second-order valence-electron chi connectivity index (χ2n) is 9.17. The van der Waals surface area contributed by atoms with Gasteiger partial charge in [-0.05, 0) is 49.4 Å². The molecule has 0 saturated carbocycles. The molecular formula is C26H30N6O3. The average molecular weight is 475 g/mol. The molecule has 1 amide bonds. The van der Waals surface area contributed by atoms with Gasteiger partial charge < -0.3 is 24.0 Å². The van der Waals surface area contributed by atoms with Crippen LogP contribution in [0, 0.1) is 17.2 Å². The highest BCUT2D eigenvalue weighted by molar-refractivity contribution is 5.79. The van der Waals surface area contributed by atoms with Gasteiger partial charge in [-0.15, -0.1) is 0 Å². The predicted octanol–water partition coefficient (Wildman–Crippen LogP) is 4.11. The van der Waals surface area contributed by atoms with Crippen LogP contribution in [0.3, 0.4) is 0 Å². The summed E-state index contributed by atoms with van der Waals surface area (Å²) in [5.74, 6) is 2.21. The Kier molecular flexibility index (Phi) is 6.98. The first-order valence-corrected chi connectivity index (χ1v) is 12.4. The van der Waals surface area contributed by atoms with Crippen LogP contribution in [0.2, 0.25) is 0 Å². The van der Waals surface area contributed by atoms with Gasteiger partial charge in [-0.25, -0.2) is 4.98 Å². The van der Waals surface area contributed by atoms with Crippen LogP contribution in [0.25, 0.3) is 11.7 Å². The van der Waals surface area contributed by atoms with Gasteiger partial charge in [0.2, 0.25) is 17.5 Å². The summed E-state index contributed by atoms with van der Waals surface area (Å²) in [6, 6.07) is 9.70. The first-order chi connectivity index (χ1) is 17.2. The molecule has 35 heavy (non-hydrogen) atoms. The number of rotatable bonds is 6. The van der Waals surface area contributed by atoms with Crippen molar-refractivity contribution in [1.29, 1.82) is 5.26 Å². The summed E-state index contributed by atoms with van der Waals surface area (Å²) < 4.78 is 11.2. The topological polar surface area (TPSA) is 111 Å². The molecule has 0 aliphatic carbocycles. The molecule has 0 unspecified atom stereocenters. The number of pyridine rings is 1. The van der Waals surface area contributed by atoms with E-state index in [1.165, 1.54) is 31.9 Å². The SMILES string of the molecule is N#Cc1nc(-c2ccco2)oc1N1CCC(C(=O)NCc2ccc(N3CCCCCC3)nc2)CC1. The van der Waals surface area contributed by atoms with E-state index in [2.05, 4.69) is 38.4 Å². The lowest BCUT2D eigenvalue weighted by molar-refractivity contribution is -0.125. The van der Waals surface area contributed by atoms with E-state index in [-0.39, 0.29) is 23.4 Å². The number of carbonyl (C=O) groups excluding carboxylic acids is 1. The number of piperidine rings is 1. The van der Waals surface area contributed by atoms with Crippen LogP contribution >= 0.6 is 0 Å². The highest BCUT2D eigenvalue weighted by Gasteiger charge is 2.29. The molecule has 9 heteroatoms. The molecule has 9 nitrogen and oxygen atoms in total. The minimum atomic E-state index is -0.0754. The molecule has 2 saturated heterocycles. The zero-order valence-electron chi connectivity index (χ0n) is 19.8. The monoisotopic (exact) mass is 474 g/mol. The van der Waals surface area contributed by atoms with Crippen molar-refractivity contribution in [2.24, 2.45) is 5.92 Å². The van der Waals surface area contributed by atoms with Gasteiger partial charge in [-0.3, -0.25) is 4.79 Å². The van der Waals surface area contributed by atoms with Crippen LogP contribution in [-0.2, 0) is 11.3 Å². The quantitative estimate of drug-likeness (QED) is 0.568. The van der Waals surface area contributed by atoms with Crippen molar-refractivity contribution in [3.63, 3.8) is 0 Å². The van der Waals surface area contributed by atoms with Gasteiger partial charge in [0.05, 0.1) is 6.26 Å². The van der Waals surface area contributed by atoms with E-state index in [1.807, 2.05) is 11.1 Å². The molecule has 5 heterocycles. The molecule has 2 aliphatic rings. The Bertz CT molecular complexity index is 1150. The molecule has 2 aliphatic heterocycles. The summed E-state index contributed by atoms with van der Waals surface area (Å²) in [5, 5.41) is 12.5. The lowest BCUT2D eigenvalue weighted by Gasteiger charge is -2.31. The van der Waals surface area contributed by atoms with E-state index < -0.39 is 0 Å². The number of carbonyl (C=O) groups is 1. The van der Waals surface area contributed by atoms with Crippen LogP contribution in [0.15, 0.2) is 45.6 Å². The van der Waals surface area contributed by atoms with Gasteiger partial charge in [0.15, 0.2) is 5.76 Å². The first-order valence-electron chi connectivity index (χ1n) is 12.4. The highest BCUT2D eigenvalue weighted by Crippen LogP contribution is 2.31. The third-order valence-electron chi connectivity index (χ3n) is 6.81. The summed E-state index contributed by atoms with van der Waals surface area (Å²) in [7, 11) is 0. The fourth-order valence-corrected chi connectivity index (χ4v) is 4.79. The Morgan fingerprint density at radius 1 is 1.09 bits per heavy atom. The number of anilines is 2. The molecule has 0 aromatic carbocycles. The number of nitrogens with one attached hydrogen (secondary N) is 1. The predicted molar refractivity (Wildman–Crippen MR) is 131 cm³/mol. The second-order valence-corrected chi connectivity index (χ2v) is 9.17. The van der Waals surface area contributed by atoms with E-state index in [0.29, 0.717) is 44.1 Å². The van der Waals surface area contributed by atoms with Crippen molar-refractivity contribution < 1.29 is 13.6 Å². The maximum absolute atomic E-state index is 12.8. The summed E-state index contributed by atoms with van der Waals surface area (Å²) in [6.07, 6.45) is 9.80. The maximum Gasteiger partial charge on any atom is 0.266 e. The summed E-state index contributed by atoms with van der Waals surface area (Å²) in [6.45, 7) is 3.84. The molecule has 1 N–H and O–H groups in total. The summed E-state index contributed by atoms with van der Waals surface area (Å²) >= 11 is 0. The van der Waals surface area contributed by atoms with Crippen molar-refractivity contribution in [3.8, 4) is 17.7 Å². The van der Waals surface area contributed by atoms with E-state index >= 15 is 0 Å². The van der Waals surface area contributed by atoms with Gasteiger partial charge in [0, 0.05) is 44.8 Å². The number of oxazole rings is 1. The first kappa shape index (κ1) is 23.0. The van der Waals surface area contributed by atoms with Crippen molar-refractivity contribution in [2.75, 3.05) is 36.0 Å². The van der Waals surface area contributed by atoms with Crippen molar-refractivity contribution in [1.82, 2.24) is 15.3 Å². The van der Waals surface area contributed by atoms with E-state index in [9.17, 15) is 10.1 Å². The Balaban J connectivity index is 1.12. The Morgan fingerprint density at radius 2 is 1.89 bits per heavy atom. The van der Waals surface area contributed by atoms with Gasteiger partial charge in [-0.2, -0.15) is 10.2 Å². The fraction of sp³-hybridized carbons (Fsp3) is 0.462. The number of nitrogens with zero attached hydrogens (tertiary/aromatic N) is 5. The number of furan rings is 1. The minimum Gasteiger partial charge on any atom is -0.459 e. The molecule has 0 atom stereocenters. The number of hydrogen-bond acceptors (Lipinski definition) is 8. The van der Waals surface area contributed by atoms with Crippen LogP contribution < -0.4 is 15.1 Å². The third-order valence-corrected chi connectivity index (χ3v) is 6.81. The van der Waals surface area contributed by atoms with E-state index in [4.69, 9.17) is 8.83 Å². The lowest BCUT2D eigenvalue weighted by Crippen LogP contribution is -2.40. The molecule has 2 fully saturated rings.